The van der Waals surface area contributed by atoms with Crippen LogP contribution in [-0.4, -0.2) is 67.9 Å². The van der Waals surface area contributed by atoms with Crippen molar-refractivity contribution in [1.82, 2.24) is 15.1 Å². The first-order valence-electron chi connectivity index (χ1n) is 9.38. The molecule has 0 bridgehead atoms. The quantitative estimate of drug-likeness (QED) is 0.782. The van der Waals surface area contributed by atoms with Crippen molar-refractivity contribution in [2.75, 3.05) is 51.6 Å². The number of hydrogen-bond acceptors (Lipinski definition) is 4. The van der Waals surface area contributed by atoms with Crippen LogP contribution in [0.25, 0.3) is 0 Å². The van der Waals surface area contributed by atoms with Gasteiger partial charge in [0.25, 0.3) is 11.8 Å². The zero-order chi connectivity index (χ0) is 19.9. The number of likely N-dealkylation sites (N-methyl/N-ethyl adjacent to an activating group) is 1. The third-order valence-corrected chi connectivity index (χ3v) is 5.05. The van der Waals surface area contributed by atoms with E-state index in [1.165, 1.54) is 0 Å². The number of para-hydroxylation sites is 1. The van der Waals surface area contributed by atoms with E-state index in [0.717, 1.165) is 32.7 Å². The molecule has 148 valence electrons. The molecule has 0 atom stereocenters. The van der Waals surface area contributed by atoms with Crippen LogP contribution in [0, 0.1) is 0 Å². The number of carbonyl (C=O) groups is 2. The van der Waals surface area contributed by atoms with Gasteiger partial charge in [-0.2, -0.15) is 0 Å². The second-order valence-electron chi connectivity index (χ2n) is 6.91. The highest BCUT2D eigenvalue weighted by molar-refractivity contribution is 6.31. The first-order valence-corrected chi connectivity index (χ1v) is 9.76. The molecule has 3 rings (SSSR count). The second-order valence-corrected chi connectivity index (χ2v) is 7.35. The van der Waals surface area contributed by atoms with Crippen LogP contribution in [0.15, 0.2) is 48.5 Å². The number of nitrogens with one attached hydrogen (secondary N) is 2. The van der Waals surface area contributed by atoms with Gasteiger partial charge in [0.05, 0.1) is 11.3 Å². The molecule has 2 amide bonds. The Labute approximate surface area is 170 Å². The zero-order valence-corrected chi connectivity index (χ0v) is 16.7. The number of nitrogens with zero attached hydrogens (tertiary/aromatic N) is 2. The van der Waals surface area contributed by atoms with Gasteiger partial charge in [-0.05, 0) is 37.4 Å². The molecule has 2 aromatic rings. The van der Waals surface area contributed by atoms with E-state index in [9.17, 15) is 9.59 Å². The lowest BCUT2D eigenvalue weighted by molar-refractivity contribution is 0.0942. The molecule has 1 aliphatic heterocycles. The SMILES string of the molecule is CN1CCN(CCNC(=O)c2ccccc2NC(=O)c2cccc(Cl)c2)CC1. The first kappa shape index (κ1) is 20.3. The average Bonchev–Trinajstić information content (AvgIpc) is 2.70. The molecule has 0 spiro atoms. The summed E-state index contributed by atoms with van der Waals surface area (Å²) in [6, 6.07) is 13.7. The minimum absolute atomic E-state index is 0.198. The maximum Gasteiger partial charge on any atom is 0.255 e. The van der Waals surface area contributed by atoms with Gasteiger partial charge >= 0.3 is 0 Å². The highest BCUT2D eigenvalue weighted by Gasteiger charge is 2.16. The van der Waals surface area contributed by atoms with Gasteiger partial charge in [0.2, 0.25) is 0 Å². The molecule has 0 unspecified atom stereocenters. The van der Waals surface area contributed by atoms with Crippen LogP contribution < -0.4 is 10.6 Å². The number of anilines is 1. The van der Waals surface area contributed by atoms with E-state index in [1.807, 2.05) is 0 Å². The van der Waals surface area contributed by atoms with Crippen molar-refractivity contribution in [2.24, 2.45) is 0 Å². The summed E-state index contributed by atoms with van der Waals surface area (Å²) in [5.41, 5.74) is 1.36. The topological polar surface area (TPSA) is 64.7 Å². The average molecular weight is 401 g/mol. The monoisotopic (exact) mass is 400 g/mol. The van der Waals surface area contributed by atoms with Gasteiger partial charge in [0.1, 0.15) is 0 Å². The van der Waals surface area contributed by atoms with Crippen LogP contribution in [0.1, 0.15) is 20.7 Å². The van der Waals surface area contributed by atoms with Gasteiger partial charge in [-0.15, -0.1) is 0 Å². The summed E-state index contributed by atoms with van der Waals surface area (Å²) in [5, 5.41) is 6.25. The summed E-state index contributed by atoms with van der Waals surface area (Å²) >= 11 is 5.95. The number of benzene rings is 2. The van der Waals surface area contributed by atoms with Crippen molar-refractivity contribution >= 4 is 29.1 Å². The van der Waals surface area contributed by atoms with Gasteiger partial charge in [0.15, 0.2) is 0 Å². The smallest absolute Gasteiger partial charge is 0.255 e. The lowest BCUT2D eigenvalue weighted by Gasteiger charge is -2.32. The predicted octanol–water partition coefficient (Wildman–Crippen LogP) is 2.57. The van der Waals surface area contributed by atoms with Crippen molar-refractivity contribution in [3.63, 3.8) is 0 Å². The summed E-state index contributed by atoms with van der Waals surface area (Å²) in [4.78, 5) is 29.7. The van der Waals surface area contributed by atoms with Crippen molar-refractivity contribution in [2.45, 2.75) is 0 Å². The van der Waals surface area contributed by atoms with E-state index in [4.69, 9.17) is 11.6 Å². The van der Waals surface area contributed by atoms with E-state index in [2.05, 4.69) is 27.5 Å². The van der Waals surface area contributed by atoms with Crippen LogP contribution in [0.4, 0.5) is 5.69 Å². The maximum absolute atomic E-state index is 12.6. The molecule has 0 aliphatic carbocycles. The number of piperazine rings is 1. The Morgan fingerprint density at radius 2 is 1.75 bits per heavy atom. The Morgan fingerprint density at radius 3 is 2.50 bits per heavy atom. The summed E-state index contributed by atoms with van der Waals surface area (Å²) in [6.45, 7) is 5.51. The number of amides is 2. The molecule has 1 aliphatic rings. The van der Waals surface area contributed by atoms with Gasteiger partial charge in [-0.3, -0.25) is 14.5 Å². The fourth-order valence-electron chi connectivity index (χ4n) is 3.11. The molecule has 2 N–H and O–H groups in total. The van der Waals surface area contributed by atoms with E-state index in [0.29, 0.717) is 28.4 Å². The number of halogens is 1. The van der Waals surface area contributed by atoms with Crippen molar-refractivity contribution in [3.8, 4) is 0 Å². The number of carbonyl (C=O) groups excluding carboxylic acids is 2. The van der Waals surface area contributed by atoms with Crippen molar-refractivity contribution in [1.29, 1.82) is 0 Å². The van der Waals surface area contributed by atoms with Crippen LogP contribution >= 0.6 is 11.6 Å². The standard InChI is InChI=1S/C21H25ClN4O2/c1-25-11-13-26(14-12-25)10-9-23-21(28)18-7-2-3-8-19(18)24-20(27)16-5-4-6-17(22)15-16/h2-8,15H,9-14H2,1H3,(H,23,28)(H,24,27). The third kappa shape index (κ3) is 5.55. The summed E-state index contributed by atoms with van der Waals surface area (Å²) in [7, 11) is 2.12. The Morgan fingerprint density at radius 1 is 1.00 bits per heavy atom. The van der Waals surface area contributed by atoms with E-state index >= 15 is 0 Å². The fraction of sp³-hybridized carbons (Fsp3) is 0.333. The number of hydrogen-bond donors (Lipinski definition) is 2. The molecule has 1 heterocycles. The molecule has 7 heteroatoms. The molecular formula is C21H25ClN4O2. The lowest BCUT2D eigenvalue weighted by atomic mass is 10.1. The maximum atomic E-state index is 12.6. The first-order chi connectivity index (χ1) is 13.5. The predicted molar refractivity (Wildman–Crippen MR) is 112 cm³/mol. The molecule has 0 aromatic heterocycles. The molecule has 2 aromatic carbocycles. The molecule has 0 radical (unpaired) electrons. The van der Waals surface area contributed by atoms with Crippen LogP contribution in [0.2, 0.25) is 5.02 Å². The van der Waals surface area contributed by atoms with Crippen LogP contribution in [0.5, 0.6) is 0 Å². The van der Waals surface area contributed by atoms with Crippen LogP contribution in [-0.2, 0) is 0 Å². The summed E-state index contributed by atoms with van der Waals surface area (Å²) < 4.78 is 0. The molecule has 1 fully saturated rings. The van der Waals surface area contributed by atoms with E-state index < -0.39 is 0 Å². The summed E-state index contributed by atoms with van der Waals surface area (Å²) in [5.74, 6) is -0.503. The highest BCUT2D eigenvalue weighted by atomic mass is 35.5. The van der Waals surface area contributed by atoms with Crippen molar-refractivity contribution in [3.05, 3.63) is 64.7 Å². The van der Waals surface area contributed by atoms with Crippen LogP contribution in [0.3, 0.4) is 0 Å². The Hall–Kier alpha value is -2.41. The van der Waals surface area contributed by atoms with Gasteiger partial charge in [-0.25, -0.2) is 0 Å². The third-order valence-electron chi connectivity index (χ3n) is 4.82. The lowest BCUT2D eigenvalue weighted by Crippen LogP contribution is -2.46. The Balaban J connectivity index is 1.58. The second kappa shape index (κ2) is 9.68. The molecule has 28 heavy (non-hydrogen) atoms. The van der Waals surface area contributed by atoms with Gasteiger partial charge < -0.3 is 15.5 Å². The Kier molecular flexibility index (Phi) is 7.03. The highest BCUT2D eigenvalue weighted by Crippen LogP contribution is 2.17. The van der Waals surface area contributed by atoms with E-state index in [-0.39, 0.29) is 11.8 Å². The van der Waals surface area contributed by atoms with Gasteiger partial charge in [-0.1, -0.05) is 29.8 Å². The molecule has 1 saturated heterocycles. The minimum atomic E-state index is -0.305. The molecule has 6 nitrogen and oxygen atoms in total. The number of rotatable bonds is 6. The fourth-order valence-corrected chi connectivity index (χ4v) is 3.30. The largest absolute Gasteiger partial charge is 0.351 e. The summed E-state index contributed by atoms with van der Waals surface area (Å²) in [6.07, 6.45) is 0. The zero-order valence-electron chi connectivity index (χ0n) is 16.0. The Bertz CT molecular complexity index is 835. The van der Waals surface area contributed by atoms with E-state index in [1.54, 1.807) is 48.5 Å². The molecule has 0 saturated carbocycles. The minimum Gasteiger partial charge on any atom is -0.351 e. The normalized spacial score (nSPS) is 15.2. The van der Waals surface area contributed by atoms with Gasteiger partial charge in [0, 0.05) is 49.9 Å². The molecular weight excluding hydrogens is 376 g/mol. The van der Waals surface area contributed by atoms with Crippen molar-refractivity contribution < 1.29 is 9.59 Å².